The second-order valence-electron chi connectivity index (χ2n) is 4.86. The van der Waals surface area contributed by atoms with Gasteiger partial charge in [-0.2, -0.15) is 0 Å². The quantitative estimate of drug-likeness (QED) is 0.881. The van der Waals surface area contributed by atoms with Crippen molar-refractivity contribution in [3.8, 4) is 0 Å². The van der Waals surface area contributed by atoms with Crippen LogP contribution in [0.25, 0.3) is 0 Å². The van der Waals surface area contributed by atoms with Crippen LogP contribution in [0.15, 0.2) is 30.5 Å². The van der Waals surface area contributed by atoms with E-state index >= 15 is 0 Å². The fraction of sp³-hybridized carbons (Fsp3) is 0.400. The number of imidazole rings is 1. The molecule has 0 saturated heterocycles. The molecule has 0 fully saturated rings. The van der Waals surface area contributed by atoms with Gasteiger partial charge in [0.15, 0.2) is 0 Å². The molecule has 20 heavy (non-hydrogen) atoms. The molecular formula is C15H20FN3O. The molecule has 0 saturated carbocycles. The molecule has 0 aliphatic carbocycles. The molecule has 1 atom stereocenters. The van der Waals surface area contributed by atoms with Gasteiger partial charge in [-0.25, -0.2) is 9.37 Å². The number of benzene rings is 1. The van der Waals surface area contributed by atoms with Crippen molar-refractivity contribution in [1.82, 2.24) is 9.55 Å². The molecular weight excluding hydrogens is 257 g/mol. The summed E-state index contributed by atoms with van der Waals surface area (Å²) >= 11 is 0. The Morgan fingerprint density at radius 3 is 2.85 bits per heavy atom. The molecule has 1 heterocycles. The lowest BCUT2D eigenvalue weighted by atomic mass is 10.2. The van der Waals surface area contributed by atoms with Crippen LogP contribution in [0.3, 0.4) is 0 Å². The number of aromatic nitrogens is 2. The van der Waals surface area contributed by atoms with Crippen LogP contribution in [0, 0.1) is 12.7 Å². The molecule has 1 aromatic heterocycles. The highest BCUT2D eigenvalue weighted by Crippen LogP contribution is 2.17. The smallest absolute Gasteiger partial charge is 0.203 e. The Morgan fingerprint density at radius 2 is 2.15 bits per heavy atom. The molecule has 0 radical (unpaired) electrons. The Hall–Kier alpha value is -1.88. The van der Waals surface area contributed by atoms with Crippen molar-refractivity contribution in [3.63, 3.8) is 0 Å². The molecule has 1 aromatic carbocycles. The highest BCUT2D eigenvalue weighted by atomic mass is 19.1. The third-order valence-electron chi connectivity index (χ3n) is 3.13. The zero-order valence-corrected chi connectivity index (χ0v) is 12.1. The summed E-state index contributed by atoms with van der Waals surface area (Å²) in [5, 5.41) is 3.19. The number of nitrogens with one attached hydrogen (secondary N) is 1. The summed E-state index contributed by atoms with van der Waals surface area (Å²) in [5.74, 6) is 0.523. The van der Waals surface area contributed by atoms with Gasteiger partial charge in [0.25, 0.3) is 0 Å². The standard InChI is InChI=1S/C15H20FN3O/c1-11-9-19(12(2)10-20-3)15(18-11)17-8-13-6-4-5-7-14(13)16/h4-7,9,12H,8,10H2,1-3H3,(H,17,18). The number of nitrogens with zero attached hydrogens (tertiary/aromatic N) is 2. The zero-order valence-electron chi connectivity index (χ0n) is 12.1. The number of anilines is 1. The van der Waals surface area contributed by atoms with E-state index in [2.05, 4.69) is 17.2 Å². The maximum atomic E-state index is 13.6. The molecule has 1 N–H and O–H groups in total. The first-order chi connectivity index (χ1) is 9.61. The molecule has 0 aliphatic heterocycles. The van der Waals surface area contributed by atoms with Crippen molar-refractivity contribution in [2.45, 2.75) is 26.4 Å². The van der Waals surface area contributed by atoms with Crippen LogP contribution in [-0.2, 0) is 11.3 Å². The van der Waals surface area contributed by atoms with Crippen molar-refractivity contribution in [2.24, 2.45) is 0 Å². The molecule has 5 heteroatoms. The lowest BCUT2D eigenvalue weighted by Crippen LogP contribution is -2.14. The predicted octanol–water partition coefficient (Wildman–Crippen LogP) is 3.15. The highest BCUT2D eigenvalue weighted by molar-refractivity contribution is 5.32. The Kier molecular flexibility index (Phi) is 4.74. The molecule has 0 bridgehead atoms. The minimum atomic E-state index is -0.209. The van der Waals surface area contributed by atoms with Gasteiger partial charge in [0.2, 0.25) is 5.95 Å². The number of hydrogen-bond acceptors (Lipinski definition) is 3. The van der Waals surface area contributed by atoms with Crippen LogP contribution in [0.4, 0.5) is 10.3 Å². The number of ether oxygens (including phenoxy) is 1. The molecule has 2 rings (SSSR count). The maximum Gasteiger partial charge on any atom is 0.203 e. The van der Waals surface area contributed by atoms with E-state index in [9.17, 15) is 4.39 Å². The van der Waals surface area contributed by atoms with E-state index in [0.717, 1.165) is 11.6 Å². The average Bonchev–Trinajstić information content (AvgIpc) is 2.79. The van der Waals surface area contributed by atoms with Crippen LogP contribution < -0.4 is 5.32 Å². The lowest BCUT2D eigenvalue weighted by molar-refractivity contribution is 0.163. The number of hydrogen-bond donors (Lipinski definition) is 1. The Morgan fingerprint density at radius 1 is 1.40 bits per heavy atom. The first-order valence-corrected chi connectivity index (χ1v) is 6.63. The van der Waals surface area contributed by atoms with Crippen molar-refractivity contribution in [3.05, 3.63) is 47.5 Å². The van der Waals surface area contributed by atoms with E-state index in [1.54, 1.807) is 19.2 Å². The molecule has 4 nitrogen and oxygen atoms in total. The minimum Gasteiger partial charge on any atom is -0.383 e. The second-order valence-corrected chi connectivity index (χ2v) is 4.86. The average molecular weight is 277 g/mol. The van der Waals surface area contributed by atoms with E-state index in [0.29, 0.717) is 18.7 Å². The Balaban J connectivity index is 2.11. The molecule has 1 unspecified atom stereocenters. The summed E-state index contributed by atoms with van der Waals surface area (Å²) in [6, 6.07) is 6.91. The van der Waals surface area contributed by atoms with E-state index in [-0.39, 0.29) is 11.9 Å². The third-order valence-corrected chi connectivity index (χ3v) is 3.13. The van der Waals surface area contributed by atoms with Crippen LogP contribution >= 0.6 is 0 Å². The molecule has 108 valence electrons. The topological polar surface area (TPSA) is 39.1 Å². The minimum absolute atomic E-state index is 0.171. The highest BCUT2D eigenvalue weighted by Gasteiger charge is 2.12. The third kappa shape index (κ3) is 3.36. The fourth-order valence-electron chi connectivity index (χ4n) is 2.12. The summed E-state index contributed by atoms with van der Waals surface area (Å²) in [5.41, 5.74) is 1.54. The van der Waals surface area contributed by atoms with E-state index in [1.807, 2.05) is 23.8 Å². The molecule has 2 aromatic rings. The van der Waals surface area contributed by atoms with Crippen molar-refractivity contribution >= 4 is 5.95 Å². The molecule has 0 amide bonds. The second kappa shape index (κ2) is 6.52. The monoisotopic (exact) mass is 277 g/mol. The van der Waals surface area contributed by atoms with Gasteiger partial charge < -0.3 is 14.6 Å². The van der Waals surface area contributed by atoms with Gasteiger partial charge in [0, 0.05) is 25.4 Å². The first kappa shape index (κ1) is 14.5. The van der Waals surface area contributed by atoms with Crippen LogP contribution in [-0.4, -0.2) is 23.3 Å². The van der Waals surface area contributed by atoms with Crippen molar-refractivity contribution < 1.29 is 9.13 Å². The number of halogens is 1. The fourth-order valence-corrected chi connectivity index (χ4v) is 2.12. The predicted molar refractivity (Wildman–Crippen MR) is 77.3 cm³/mol. The van der Waals surface area contributed by atoms with Gasteiger partial charge in [0.05, 0.1) is 18.3 Å². The first-order valence-electron chi connectivity index (χ1n) is 6.63. The molecule has 0 aliphatic rings. The van der Waals surface area contributed by atoms with E-state index < -0.39 is 0 Å². The zero-order chi connectivity index (χ0) is 14.5. The van der Waals surface area contributed by atoms with Gasteiger partial charge in [-0.05, 0) is 19.9 Å². The SMILES string of the molecule is COCC(C)n1cc(C)nc1NCc1ccccc1F. The maximum absolute atomic E-state index is 13.6. The number of rotatable bonds is 6. The summed E-state index contributed by atoms with van der Waals surface area (Å²) in [4.78, 5) is 4.43. The summed E-state index contributed by atoms with van der Waals surface area (Å²) in [7, 11) is 1.67. The van der Waals surface area contributed by atoms with Gasteiger partial charge >= 0.3 is 0 Å². The van der Waals surface area contributed by atoms with Crippen molar-refractivity contribution in [2.75, 3.05) is 19.0 Å². The van der Waals surface area contributed by atoms with E-state index in [1.165, 1.54) is 6.07 Å². The van der Waals surface area contributed by atoms with Gasteiger partial charge in [-0.3, -0.25) is 0 Å². The normalized spacial score (nSPS) is 12.4. The number of aryl methyl sites for hydroxylation is 1. The van der Waals surface area contributed by atoms with Gasteiger partial charge in [0.1, 0.15) is 5.82 Å². The summed E-state index contributed by atoms with van der Waals surface area (Å²) < 4.78 is 20.8. The largest absolute Gasteiger partial charge is 0.383 e. The van der Waals surface area contributed by atoms with Crippen LogP contribution in [0.1, 0.15) is 24.2 Å². The number of methoxy groups -OCH3 is 1. The van der Waals surface area contributed by atoms with Crippen LogP contribution in [0.2, 0.25) is 0 Å². The lowest BCUT2D eigenvalue weighted by Gasteiger charge is -2.16. The van der Waals surface area contributed by atoms with Gasteiger partial charge in [-0.1, -0.05) is 18.2 Å². The van der Waals surface area contributed by atoms with Crippen molar-refractivity contribution in [1.29, 1.82) is 0 Å². The Bertz CT molecular complexity index is 568. The summed E-state index contributed by atoms with van der Waals surface area (Å²) in [6.07, 6.45) is 1.97. The summed E-state index contributed by atoms with van der Waals surface area (Å²) in [6.45, 7) is 5.00. The van der Waals surface area contributed by atoms with E-state index in [4.69, 9.17) is 4.74 Å². The van der Waals surface area contributed by atoms with Crippen LogP contribution in [0.5, 0.6) is 0 Å². The van der Waals surface area contributed by atoms with Gasteiger partial charge in [-0.15, -0.1) is 0 Å². The molecule has 0 spiro atoms. The Labute approximate surface area is 118 Å².